The Kier molecular flexibility index (Phi) is 106. The van der Waals surface area contributed by atoms with Gasteiger partial charge in [0.05, 0.1) is 0 Å². The van der Waals surface area contributed by atoms with Crippen LogP contribution in [0.5, 0.6) is 0 Å². The normalized spacial score (nSPS) is 1.00. The molecule has 0 saturated heterocycles. The van der Waals surface area contributed by atoms with Crippen LogP contribution in [0.1, 0.15) is 0 Å². The van der Waals surface area contributed by atoms with Gasteiger partial charge in [-0.15, -0.1) is 0 Å². The van der Waals surface area contributed by atoms with Crippen LogP contribution in [-0.2, 0) is 57.6 Å². The summed E-state index contributed by atoms with van der Waals surface area (Å²) in [5.74, 6) is 0. The number of rotatable bonds is 0. The summed E-state index contributed by atoms with van der Waals surface area (Å²) in [7, 11) is 0. The predicted octanol–water partition coefficient (Wildman–Crippen LogP) is -0.126. The molecular weight excluding hydrogens is 220 g/mol. The first-order chi connectivity index (χ1) is 1.00. The van der Waals surface area contributed by atoms with Crippen molar-refractivity contribution in [3.63, 3.8) is 0 Å². The molecule has 0 atom stereocenters. The average molecular weight is 220 g/mol. The molecule has 0 amide bonds. The van der Waals surface area contributed by atoms with Gasteiger partial charge in [0.15, 0.2) is 0 Å². The summed E-state index contributed by atoms with van der Waals surface area (Å²) in [4.78, 5) is 0. The fourth-order valence-electron chi connectivity index (χ4n) is 0. The molecule has 0 N–H and O–H groups in total. The van der Waals surface area contributed by atoms with Gasteiger partial charge in [0, 0.05) is 34.4 Å². The van der Waals surface area contributed by atoms with Crippen LogP contribution in [0.25, 0.3) is 0 Å². The molecular formula is CrFeMoO. The third-order valence-corrected chi connectivity index (χ3v) is 0. The molecule has 0 aliphatic heterocycles. The van der Waals surface area contributed by atoms with Crippen LogP contribution in [-0.4, -0.2) is 0 Å². The van der Waals surface area contributed by atoms with Gasteiger partial charge in [-0.3, -0.25) is 0 Å². The van der Waals surface area contributed by atoms with Crippen molar-refractivity contribution >= 4 is 0 Å². The van der Waals surface area contributed by atoms with Crippen LogP contribution in [0, 0.1) is 0 Å². The van der Waals surface area contributed by atoms with Gasteiger partial charge in [-0.05, 0) is 0 Å². The van der Waals surface area contributed by atoms with Crippen molar-refractivity contribution in [2.24, 2.45) is 0 Å². The fraction of sp³-hybridized carbons (Fsp3) is 0. The van der Waals surface area contributed by atoms with Crippen molar-refractivity contribution < 1.29 is 57.6 Å². The quantitative estimate of drug-likeness (QED) is 0.519. The molecule has 0 aromatic rings. The molecule has 0 aromatic heterocycles. The molecule has 0 aliphatic carbocycles. The van der Waals surface area contributed by atoms with Gasteiger partial charge < -0.3 is 0 Å². The van der Waals surface area contributed by atoms with Gasteiger partial charge in [0.2, 0.25) is 0 Å². The Morgan fingerprint density at radius 1 is 1.25 bits per heavy atom. The maximum atomic E-state index is 8.26. The minimum atomic E-state index is 0. The Morgan fingerprint density at radius 3 is 1.25 bits per heavy atom. The van der Waals surface area contributed by atoms with Crippen molar-refractivity contribution in [3.05, 3.63) is 0 Å². The Bertz CT molecular complexity index is 8.00. The standard InChI is InChI=1S/Cr.Fe.Mo.O. The van der Waals surface area contributed by atoms with Crippen molar-refractivity contribution in [1.82, 2.24) is 0 Å². The fourth-order valence-corrected chi connectivity index (χ4v) is 0. The molecule has 0 saturated carbocycles. The van der Waals surface area contributed by atoms with E-state index in [1.807, 2.05) is 0 Å². The molecule has 0 radical (unpaired) electrons. The topological polar surface area (TPSA) is 17.1 Å². The zero-order valence-electron chi connectivity index (χ0n) is 1.58. The molecule has 4 heteroatoms. The van der Waals surface area contributed by atoms with Gasteiger partial charge >= 0.3 is 23.2 Å². The van der Waals surface area contributed by atoms with Crippen molar-refractivity contribution in [2.75, 3.05) is 0 Å². The summed E-state index contributed by atoms with van der Waals surface area (Å²) >= 11 is 0.700. The molecule has 0 heterocycles. The summed E-state index contributed by atoms with van der Waals surface area (Å²) in [6.07, 6.45) is 0. The first kappa shape index (κ1) is 17.7. The maximum absolute atomic E-state index is 8.26. The SMILES string of the molecule is [Cr].[Fe].[O]=[Mo]. The van der Waals surface area contributed by atoms with Crippen molar-refractivity contribution in [1.29, 1.82) is 0 Å². The van der Waals surface area contributed by atoms with E-state index >= 15 is 0 Å². The van der Waals surface area contributed by atoms with Gasteiger partial charge in [-0.25, -0.2) is 0 Å². The molecule has 4 heavy (non-hydrogen) atoms. The third-order valence-electron chi connectivity index (χ3n) is 0. The summed E-state index contributed by atoms with van der Waals surface area (Å²) in [6.45, 7) is 0. The van der Waals surface area contributed by atoms with Gasteiger partial charge in [-0.2, -0.15) is 0 Å². The Hall–Kier alpha value is 1.54. The second-order valence-corrected chi connectivity index (χ2v) is 0. The van der Waals surface area contributed by atoms with E-state index in [-0.39, 0.29) is 34.4 Å². The average Bonchev–Trinajstić information content (AvgIpc) is 1.00. The summed E-state index contributed by atoms with van der Waals surface area (Å²) in [6, 6.07) is 0. The van der Waals surface area contributed by atoms with Crippen molar-refractivity contribution in [3.8, 4) is 0 Å². The number of hydrogen-bond acceptors (Lipinski definition) is 1. The number of hydrogen-bond donors (Lipinski definition) is 0. The molecule has 0 unspecified atom stereocenters. The van der Waals surface area contributed by atoms with E-state index in [9.17, 15) is 0 Å². The molecule has 0 rings (SSSR count). The van der Waals surface area contributed by atoms with Crippen LogP contribution in [0.2, 0.25) is 0 Å². The van der Waals surface area contributed by atoms with E-state index in [0.29, 0.717) is 19.8 Å². The van der Waals surface area contributed by atoms with E-state index in [1.54, 1.807) is 0 Å². The third kappa shape index (κ3) is 9.63. The van der Waals surface area contributed by atoms with Crippen LogP contribution < -0.4 is 0 Å². The molecule has 1 nitrogen and oxygen atoms in total. The van der Waals surface area contributed by atoms with E-state index in [4.69, 9.17) is 3.40 Å². The minimum absolute atomic E-state index is 0. The summed E-state index contributed by atoms with van der Waals surface area (Å²) in [5, 5.41) is 0. The molecule has 0 spiro atoms. The summed E-state index contributed by atoms with van der Waals surface area (Å²) < 4.78 is 8.26. The molecule has 0 fully saturated rings. The molecule has 0 bridgehead atoms. The van der Waals surface area contributed by atoms with Crippen LogP contribution in [0.15, 0.2) is 0 Å². The van der Waals surface area contributed by atoms with Crippen LogP contribution >= 0.6 is 0 Å². The first-order valence-corrected chi connectivity index (χ1v) is 0.986. The Morgan fingerprint density at radius 2 is 1.25 bits per heavy atom. The van der Waals surface area contributed by atoms with Crippen LogP contribution in [0.3, 0.4) is 0 Å². The molecule has 26 valence electrons. The first-order valence-electron chi connectivity index (χ1n) is 0.167. The van der Waals surface area contributed by atoms with Crippen molar-refractivity contribution in [2.45, 2.75) is 0 Å². The second kappa shape index (κ2) is 24.0. The second-order valence-electron chi connectivity index (χ2n) is 0. The Balaban J connectivity index is -0.00000000500. The summed E-state index contributed by atoms with van der Waals surface area (Å²) in [5.41, 5.74) is 0. The van der Waals surface area contributed by atoms with E-state index in [1.165, 1.54) is 0 Å². The van der Waals surface area contributed by atoms with E-state index in [2.05, 4.69) is 0 Å². The molecule has 0 aromatic carbocycles. The monoisotopic (exact) mass is 222 g/mol. The molecule has 0 aliphatic rings. The van der Waals surface area contributed by atoms with Gasteiger partial charge in [0.25, 0.3) is 0 Å². The van der Waals surface area contributed by atoms with E-state index < -0.39 is 0 Å². The van der Waals surface area contributed by atoms with Crippen LogP contribution in [0.4, 0.5) is 0 Å². The zero-order valence-corrected chi connectivity index (χ0v) is 5.96. The van der Waals surface area contributed by atoms with E-state index in [0.717, 1.165) is 0 Å². The zero-order chi connectivity index (χ0) is 2.00. The van der Waals surface area contributed by atoms with Gasteiger partial charge in [-0.1, -0.05) is 0 Å². The van der Waals surface area contributed by atoms with Gasteiger partial charge in [0.1, 0.15) is 0 Å². The Labute approximate surface area is 57.3 Å². The predicted molar refractivity (Wildman–Crippen MR) is 0.686 cm³/mol.